The minimum Gasteiger partial charge on any atom is -0.497 e. The van der Waals surface area contributed by atoms with E-state index in [1.54, 1.807) is 43.5 Å². The van der Waals surface area contributed by atoms with Crippen LogP contribution >= 0.6 is 0 Å². The van der Waals surface area contributed by atoms with Crippen LogP contribution in [0.1, 0.15) is 5.56 Å². The van der Waals surface area contributed by atoms with Crippen molar-refractivity contribution in [2.75, 3.05) is 33.3 Å². The van der Waals surface area contributed by atoms with Gasteiger partial charge >= 0.3 is 5.63 Å². The molecular weight excluding hydrogens is 392 g/mol. The van der Waals surface area contributed by atoms with Crippen LogP contribution in [0.15, 0.2) is 68.7 Å². The van der Waals surface area contributed by atoms with Crippen molar-refractivity contribution in [1.29, 1.82) is 0 Å². The smallest absolute Gasteiger partial charge is 0.336 e. The molecule has 0 unspecified atom stereocenters. The van der Waals surface area contributed by atoms with Gasteiger partial charge in [0.05, 0.1) is 38.2 Å². The summed E-state index contributed by atoms with van der Waals surface area (Å²) in [6, 6.07) is 15.5. The first-order chi connectivity index (χ1) is 14.0. The Balaban J connectivity index is 1.50. The fourth-order valence-corrected chi connectivity index (χ4v) is 5.18. The number of benzene rings is 2. The van der Waals surface area contributed by atoms with E-state index in [0.717, 1.165) is 10.9 Å². The molecule has 0 spiro atoms. The van der Waals surface area contributed by atoms with Gasteiger partial charge in [-0.2, -0.15) is 4.31 Å². The first kappa shape index (κ1) is 19.6. The highest BCUT2D eigenvalue weighted by molar-refractivity contribution is 7.89. The molecule has 1 aliphatic rings. The quantitative estimate of drug-likeness (QED) is 0.626. The van der Waals surface area contributed by atoms with Gasteiger partial charge in [-0.1, -0.05) is 18.2 Å². The highest BCUT2D eigenvalue weighted by Gasteiger charge is 2.30. The average molecular weight is 415 g/mol. The molecule has 8 heteroatoms. The molecule has 1 fully saturated rings. The van der Waals surface area contributed by atoms with Crippen molar-refractivity contribution in [3.05, 3.63) is 70.6 Å². The Labute approximate surface area is 169 Å². The van der Waals surface area contributed by atoms with Gasteiger partial charge in [-0.25, -0.2) is 13.2 Å². The number of nitrogens with one attached hydrogen (secondary N) is 1. The summed E-state index contributed by atoms with van der Waals surface area (Å²) in [4.78, 5) is 13.5. The third-order valence-corrected chi connectivity index (χ3v) is 7.20. The SMILES string of the molecule is COc1ccc2c(C[NH+]3CCN(S(=O)(=O)c4ccccc4)CC3)cc(=O)oc2c1. The monoisotopic (exact) mass is 415 g/mol. The Morgan fingerprint density at radius 2 is 1.79 bits per heavy atom. The van der Waals surface area contributed by atoms with Gasteiger partial charge < -0.3 is 14.1 Å². The Hall–Kier alpha value is -2.68. The van der Waals surface area contributed by atoms with E-state index in [2.05, 4.69) is 0 Å². The van der Waals surface area contributed by atoms with E-state index < -0.39 is 15.6 Å². The van der Waals surface area contributed by atoms with E-state index in [-0.39, 0.29) is 0 Å². The van der Waals surface area contributed by atoms with E-state index in [0.29, 0.717) is 49.0 Å². The molecule has 3 aromatic rings. The minimum atomic E-state index is -3.47. The third kappa shape index (κ3) is 4.05. The van der Waals surface area contributed by atoms with Crippen LogP contribution in [-0.4, -0.2) is 46.0 Å². The maximum Gasteiger partial charge on any atom is 0.336 e. The van der Waals surface area contributed by atoms with Crippen molar-refractivity contribution in [1.82, 2.24) is 4.31 Å². The highest BCUT2D eigenvalue weighted by atomic mass is 32.2. The van der Waals surface area contributed by atoms with Crippen LogP contribution in [0.5, 0.6) is 5.75 Å². The van der Waals surface area contributed by atoms with E-state index in [4.69, 9.17) is 9.15 Å². The predicted octanol–water partition coefficient (Wildman–Crippen LogP) is 0.891. The second-order valence-corrected chi connectivity index (χ2v) is 9.03. The summed E-state index contributed by atoms with van der Waals surface area (Å²) >= 11 is 0. The molecule has 1 N–H and O–H groups in total. The number of sulfonamides is 1. The lowest BCUT2D eigenvalue weighted by molar-refractivity contribution is -0.917. The molecule has 4 rings (SSSR count). The first-order valence-corrected chi connectivity index (χ1v) is 10.9. The molecule has 0 radical (unpaired) electrons. The van der Waals surface area contributed by atoms with Crippen LogP contribution in [0, 0.1) is 0 Å². The molecule has 1 saturated heterocycles. The molecule has 1 aromatic heterocycles. The number of piperazine rings is 1. The van der Waals surface area contributed by atoms with Gasteiger partial charge in [-0.3, -0.25) is 0 Å². The summed E-state index contributed by atoms with van der Waals surface area (Å²) in [5.41, 5.74) is 0.996. The normalized spacial score (nSPS) is 16.2. The van der Waals surface area contributed by atoms with Crippen molar-refractivity contribution in [2.45, 2.75) is 11.4 Å². The van der Waals surface area contributed by atoms with Gasteiger partial charge in [-0.05, 0) is 24.3 Å². The minimum absolute atomic E-state index is 0.323. The maximum atomic E-state index is 12.8. The Morgan fingerprint density at radius 1 is 1.07 bits per heavy atom. The lowest BCUT2D eigenvalue weighted by Gasteiger charge is -2.31. The lowest BCUT2D eigenvalue weighted by atomic mass is 10.1. The van der Waals surface area contributed by atoms with Gasteiger partial charge in [0.2, 0.25) is 10.0 Å². The number of rotatable bonds is 5. The zero-order valence-corrected chi connectivity index (χ0v) is 16.9. The fraction of sp³-hybridized carbons (Fsp3) is 0.286. The van der Waals surface area contributed by atoms with Crippen molar-refractivity contribution >= 4 is 21.0 Å². The Kier molecular flexibility index (Phi) is 5.40. The fourth-order valence-electron chi connectivity index (χ4n) is 3.71. The van der Waals surface area contributed by atoms with Gasteiger partial charge in [0, 0.05) is 23.1 Å². The molecule has 29 heavy (non-hydrogen) atoms. The molecule has 0 saturated carbocycles. The number of ether oxygens (including phenoxy) is 1. The molecule has 0 aliphatic carbocycles. The van der Waals surface area contributed by atoms with Gasteiger partial charge in [0.1, 0.15) is 17.9 Å². The summed E-state index contributed by atoms with van der Waals surface area (Å²) in [5.74, 6) is 0.630. The van der Waals surface area contributed by atoms with E-state index in [9.17, 15) is 13.2 Å². The van der Waals surface area contributed by atoms with Crippen molar-refractivity contribution < 1.29 is 22.5 Å². The second kappa shape index (κ2) is 7.98. The number of hydrogen-bond donors (Lipinski definition) is 1. The average Bonchev–Trinajstić information content (AvgIpc) is 2.74. The Morgan fingerprint density at radius 3 is 2.48 bits per heavy atom. The van der Waals surface area contributed by atoms with Gasteiger partial charge in [0.25, 0.3) is 0 Å². The molecule has 2 heterocycles. The summed E-state index contributed by atoms with van der Waals surface area (Å²) < 4.78 is 37.6. The van der Waals surface area contributed by atoms with Crippen LogP contribution in [0.2, 0.25) is 0 Å². The number of methoxy groups -OCH3 is 1. The highest BCUT2D eigenvalue weighted by Crippen LogP contribution is 2.22. The van der Waals surface area contributed by atoms with E-state index >= 15 is 0 Å². The van der Waals surface area contributed by atoms with Crippen molar-refractivity contribution in [3.63, 3.8) is 0 Å². The van der Waals surface area contributed by atoms with E-state index in [1.165, 1.54) is 15.3 Å². The summed E-state index contributed by atoms with van der Waals surface area (Å²) in [6.07, 6.45) is 0. The van der Waals surface area contributed by atoms with Crippen LogP contribution in [0.3, 0.4) is 0 Å². The van der Waals surface area contributed by atoms with Gasteiger partial charge in [-0.15, -0.1) is 0 Å². The molecule has 0 bridgehead atoms. The third-order valence-electron chi connectivity index (χ3n) is 5.29. The van der Waals surface area contributed by atoms with Gasteiger partial charge in [0.15, 0.2) is 0 Å². The van der Waals surface area contributed by atoms with E-state index in [1.807, 2.05) is 12.1 Å². The maximum absolute atomic E-state index is 12.8. The number of fused-ring (bicyclic) bond motifs is 1. The molecule has 1 aliphatic heterocycles. The summed E-state index contributed by atoms with van der Waals surface area (Å²) in [5, 5.41) is 0.872. The first-order valence-electron chi connectivity index (χ1n) is 9.47. The van der Waals surface area contributed by atoms with Crippen molar-refractivity contribution in [2.24, 2.45) is 0 Å². The number of nitrogens with zero attached hydrogens (tertiary/aromatic N) is 1. The number of quaternary nitrogens is 1. The molecule has 0 atom stereocenters. The summed E-state index contributed by atoms with van der Waals surface area (Å²) in [6.45, 7) is 2.86. The number of hydrogen-bond acceptors (Lipinski definition) is 5. The van der Waals surface area contributed by atoms with Crippen molar-refractivity contribution in [3.8, 4) is 5.75 Å². The standard InChI is InChI=1S/C21H22N2O5S/c1-27-17-7-8-19-16(13-21(24)28-20(19)14-17)15-22-9-11-23(12-10-22)29(25,26)18-5-3-2-4-6-18/h2-8,13-14H,9-12,15H2,1H3/p+1. The molecular formula is C21H23N2O5S+. The summed E-state index contributed by atoms with van der Waals surface area (Å²) in [7, 11) is -1.90. The molecule has 7 nitrogen and oxygen atoms in total. The Bertz CT molecular complexity index is 1170. The molecule has 152 valence electrons. The largest absolute Gasteiger partial charge is 0.497 e. The van der Waals surface area contributed by atoms with Crippen LogP contribution < -0.4 is 15.3 Å². The second-order valence-electron chi connectivity index (χ2n) is 7.10. The van der Waals surface area contributed by atoms with Crippen LogP contribution in [0.25, 0.3) is 11.0 Å². The molecule has 2 aromatic carbocycles. The van der Waals surface area contributed by atoms with Crippen LogP contribution in [0.4, 0.5) is 0 Å². The topological polar surface area (TPSA) is 81.3 Å². The zero-order valence-electron chi connectivity index (χ0n) is 16.1. The lowest BCUT2D eigenvalue weighted by Crippen LogP contribution is -3.13. The zero-order chi connectivity index (χ0) is 20.4. The molecule has 0 amide bonds. The van der Waals surface area contributed by atoms with Crippen LogP contribution in [-0.2, 0) is 16.6 Å². The predicted molar refractivity (Wildman–Crippen MR) is 109 cm³/mol.